The topological polar surface area (TPSA) is 81.4 Å². The lowest BCUT2D eigenvalue weighted by Gasteiger charge is -2.22. The number of para-hydroxylation sites is 1. The van der Waals surface area contributed by atoms with Gasteiger partial charge in [-0.2, -0.15) is 0 Å². The lowest BCUT2D eigenvalue weighted by molar-refractivity contribution is -0.145. The summed E-state index contributed by atoms with van der Waals surface area (Å²) in [5.74, 6) is -0.831. The Kier molecular flexibility index (Phi) is 3.97. The molecule has 0 saturated heterocycles. The fraction of sp³-hybridized carbons (Fsp3) is 0.400. The third-order valence-corrected chi connectivity index (χ3v) is 3.48. The molecule has 0 aliphatic heterocycles. The van der Waals surface area contributed by atoms with Crippen LogP contribution in [0.15, 0.2) is 18.2 Å². The van der Waals surface area contributed by atoms with Gasteiger partial charge in [-0.3, -0.25) is 0 Å². The van der Waals surface area contributed by atoms with Gasteiger partial charge in [-0.05, 0) is 25.0 Å². The van der Waals surface area contributed by atoms with Gasteiger partial charge in [0.05, 0.1) is 18.2 Å². The average Bonchev–Trinajstić information content (AvgIpc) is 2.75. The SMILES string of the molecule is COC(=O)C(C(C)C)n1c(C)nc2c(C(=O)O)cccc21. The van der Waals surface area contributed by atoms with Gasteiger partial charge in [0.1, 0.15) is 17.4 Å². The standard InChI is InChI=1S/C15H18N2O4/c1-8(2)13(15(20)21-4)17-9(3)16-12-10(14(18)19)6-5-7-11(12)17/h5-8,13H,1-4H3,(H,18,19). The molecule has 0 aliphatic carbocycles. The van der Waals surface area contributed by atoms with Crippen molar-refractivity contribution in [2.24, 2.45) is 5.92 Å². The van der Waals surface area contributed by atoms with Crippen LogP contribution >= 0.6 is 0 Å². The van der Waals surface area contributed by atoms with Gasteiger partial charge in [0.15, 0.2) is 0 Å². The predicted molar refractivity (Wildman–Crippen MR) is 77.3 cm³/mol. The summed E-state index contributed by atoms with van der Waals surface area (Å²) in [6, 6.07) is 4.38. The van der Waals surface area contributed by atoms with Crippen LogP contribution in [-0.2, 0) is 9.53 Å². The number of ether oxygens (including phenoxy) is 1. The molecule has 1 N–H and O–H groups in total. The van der Waals surface area contributed by atoms with E-state index < -0.39 is 12.0 Å². The highest BCUT2D eigenvalue weighted by Crippen LogP contribution is 2.28. The molecule has 1 unspecified atom stereocenters. The molecule has 0 fully saturated rings. The van der Waals surface area contributed by atoms with Crippen molar-refractivity contribution in [1.82, 2.24) is 9.55 Å². The third kappa shape index (κ3) is 2.49. The van der Waals surface area contributed by atoms with Crippen molar-refractivity contribution in [3.8, 4) is 0 Å². The molecular formula is C15H18N2O4. The van der Waals surface area contributed by atoms with E-state index in [-0.39, 0.29) is 17.5 Å². The molecule has 6 heteroatoms. The number of carboxylic acid groups (broad SMARTS) is 1. The van der Waals surface area contributed by atoms with Crippen LogP contribution in [0, 0.1) is 12.8 Å². The zero-order valence-electron chi connectivity index (χ0n) is 12.5. The van der Waals surface area contributed by atoms with Crippen LogP contribution in [0.3, 0.4) is 0 Å². The van der Waals surface area contributed by atoms with Crippen LogP contribution in [0.4, 0.5) is 0 Å². The van der Waals surface area contributed by atoms with E-state index in [0.29, 0.717) is 16.9 Å². The first kappa shape index (κ1) is 15.0. The Morgan fingerprint density at radius 3 is 2.52 bits per heavy atom. The van der Waals surface area contributed by atoms with Gasteiger partial charge in [0.25, 0.3) is 0 Å². The molecule has 1 atom stereocenters. The minimum atomic E-state index is -1.04. The number of aryl methyl sites for hydroxylation is 1. The fourth-order valence-electron chi connectivity index (χ4n) is 2.55. The lowest BCUT2D eigenvalue weighted by Crippen LogP contribution is -2.26. The van der Waals surface area contributed by atoms with E-state index in [2.05, 4.69) is 4.98 Å². The Morgan fingerprint density at radius 1 is 1.33 bits per heavy atom. The summed E-state index contributed by atoms with van der Waals surface area (Å²) in [6.07, 6.45) is 0. The maximum Gasteiger partial charge on any atom is 0.337 e. The quantitative estimate of drug-likeness (QED) is 0.874. The summed E-state index contributed by atoms with van der Waals surface area (Å²) in [5.41, 5.74) is 1.13. The van der Waals surface area contributed by atoms with Crippen molar-refractivity contribution in [3.63, 3.8) is 0 Å². The second-order valence-electron chi connectivity index (χ2n) is 5.22. The smallest absolute Gasteiger partial charge is 0.337 e. The van der Waals surface area contributed by atoms with E-state index in [0.717, 1.165) is 0 Å². The van der Waals surface area contributed by atoms with Gasteiger partial charge in [0.2, 0.25) is 0 Å². The number of carboxylic acids is 1. The molecule has 1 aromatic carbocycles. The van der Waals surface area contributed by atoms with Crippen LogP contribution in [0.5, 0.6) is 0 Å². The van der Waals surface area contributed by atoms with Gasteiger partial charge in [-0.25, -0.2) is 14.6 Å². The van der Waals surface area contributed by atoms with Crippen molar-refractivity contribution in [1.29, 1.82) is 0 Å². The molecular weight excluding hydrogens is 272 g/mol. The molecule has 0 saturated carbocycles. The molecule has 1 aromatic heterocycles. The molecule has 1 heterocycles. The van der Waals surface area contributed by atoms with Crippen LogP contribution in [0.1, 0.15) is 36.1 Å². The Balaban J connectivity index is 2.74. The van der Waals surface area contributed by atoms with Crippen LogP contribution < -0.4 is 0 Å². The van der Waals surface area contributed by atoms with Crippen molar-refractivity contribution < 1.29 is 19.4 Å². The Morgan fingerprint density at radius 2 is 2.00 bits per heavy atom. The number of hydrogen-bond acceptors (Lipinski definition) is 4. The van der Waals surface area contributed by atoms with E-state index in [1.54, 1.807) is 23.6 Å². The maximum atomic E-state index is 12.1. The number of aromatic nitrogens is 2. The number of carbonyl (C=O) groups is 2. The van der Waals surface area contributed by atoms with Gasteiger partial charge >= 0.3 is 11.9 Å². The van der Waals surface area contributed by atoms with Crippen molar-refractivity contribution in [3.05, 3.63) is 29.6 Å². The Bertz CT molecular complexity index is 703. The lowest BCUT2D eigenvalue weighted by atomic mass is 10.0. The molecule has 0 spiro atoms. The molecule has 2 rings (SSSR count). The maximum absolute atomic E-state index is 12.1. The van der Waals surface area contributed by atoms with E-state index >= 15 is 0 Å². The third-order valence-electron chi connectivity index (χ3n) is 3.48. The largest absolute Gasteiger partial charge is 0.478 e. The first-order valence-electron chi connectivity index (χ1n) is 6.67. The van der Waals surface area contributed by atoms with Gasteiger partial charge in [-0.15, -0.1) is 0 Å². The molecule has 21 heavy (non-hydrogen) atoms. The number of methoxy groups -OCH3 is 1. The number of benzene rings is 1. The van der Waals surface area contributed by atoms with Crippen molar-refractivity contribution in [2.45, 2.75) is 26.8 Å². The number of esters is 1. The van der Waals surface area contributed by atoms with Gasteiger partial charge in [0, 0.05) is 0 Å². The average molecular weight is 290 g/mol. The predicted octanol–water partition coefficient (Wildman–Crippen LogP) is 2.41. The minimum Gasteiger partial charge on any atom is -0.478 e. The zero-order chi connectivity index (χ0) is 15.7. The summed E-state index contributed by atoms with van der Waals surface area (Å²) in [7, 11) is 1.34. The molecule has 0 aliphatic rings. The monoisotopic (exact) mass is 290 g/mol. The van der Waals surface area contributed by atoms with Crippen molar-refractivity contribution in [2.75, 3.05) is 7.11 Å². The summed E-state index contributed by atoms with van der Waals surface area (Å²) in [4.78, 5) is 27.7. The minimum absolute atomic E-state index is 0.0120. The molecule has 0 bridgehead atoms. The van der Waals surface area contributed by atoms with Crippen LogP contribution in [0.2, 0.25) is 0 Å². The number of aromatic carboxylic acids is 1. The van der Waals surface area contributed by atoms with E-state index in [1.807, 2.05) is 13.8 Å². The molecule has 0 amide bonds. The summed E-state index contributed by atoms with van der Waals surface area (Å²) >= 11 is 0. The number of imidazole rings is 1. The molecule has 2 aromatic rings. The van der Waals surface area contributed by atoms with E-state index in [9.17, 15) is 14.7 Å². The number of nitrogens with zero attached hydrogens (tertiary/aromatic N) is 2. The molecule has 112 valence electrons. The first-order valence-corrected chi connectivity index (χ1v) is 6.67. The Hall–Kier alpha value is -2.37. The van der Waals surface area contributed by atoms with Crippen LogP contribution in [0.25, 0.3) is 11.0 Å². The van der Waals surface area contributed by atoms with E-state index in [4.69, 9.17) is 4.74 Å². The normalized spacial score (nSPS) is 12.6. The highest BCUT2D eigenvalue weighted by atomic mass is 16.5. The first-order chi connectivity index (χ1) is 9.88. The van der Waals surface area contributed by atoms with Crippen LogP contribution in [-0.4, -0.2) is 33.7 Å². The summed E-state index contributed by atoms with van der Waals surface area (Å²) in [5, 5.41) is 9.25. The summed E-state index contributed by atoms with van der Waals surface area (Å²) < 4.78 is 6.62. The fourth-order valence-corrected chi connectivity index (χ4v) is 2.55. The van der Waals surface area contributed by atoms with E-state index in [1.165, 1.54) is 13.2 Å². The number of hydrogen-bond donors (Lipinski definition) is 1. The second-order valence-corrected chi connectivity index (χ2v) is 5.22. The molecule has 6 nitrogen and oxygen atoms in total. The second kappa shape index (κ2) is 5.55. The molecule has 0 radical (unpaired) electrons. The highest BCUT2D eigenvalue weighted by Gasteiger charge is 2.29. The summed E-state index contributed by atoms with van der Waals surface area (Å²) in [6.45, 7) is 5.58. The number of carbonyl (C=O) groups excluding carboxylic acids is 1. The highest BCUT2D eigenvalue weighted by molar-refractivity contribution is 6.01. The van der Waals surface area contributed by atoms with Crippen molar-refractivity contribution >= 4 is 23.0 Å². The van der Waals surface area contributed by atoms with Gasteiger partial charge < -0.3 is 14.4 Å². The van der Waals surface area contributed by atoms with Gasteiger partial charge in [-0.1, -0.05) is 19.9 Å². The number of fused-ring (bicyclic) bond motifs is 1. The zero-order valence-corrected chi connectivity index (χ0v) is 12.5. The Labute approximate surface area is 122 Å². The number of rotatable bonds is 4.